The van der Waals surface area contributed by atoms with Gasteiger partial charge >= 0.3 is 0 Å². The maximum absolute atomic E-state index is 5.83. The molecule has 3 aromatic carbocycles. The number of rotatable bonds is 5. The van der Waals surface area contributed by atoms with Crippen LogP contribution in [-0.2, 0) is 0 Å². The van der Waals surface area contributed by atoms with Crippen LogP contribution in [0.1, 0.15) is 0 Å². The lowest BCUT2D eigenvalue weighted by atomic mass is 10.3. The smallest absolute Gasteiger partial charge is 0.172 e. The molecule has 0 unspecified atom stereocenters. The van der Waals surface area contributed by atoms with E-state index in [9.17, 15) is 0 Å². The van der Waals surface area contributed by atoms with Crippen molar-refractivity contribution in [3.63, 3.8) is 0 Å². The Balaban J connectivity index is 1.86. The molecule has 0 heterocycles. The van der Waals surface area contributed by atoms with Crippen LogP contribution >= 0.6 is 0 Å². The molecular formula is C19H15O3. The van der Waals surface area contributed by atoms with Gasteiger partial charge in [-0.15, -0.1) is 0 Å². The van der Waals surface area contributed by atoms with Gasteiger partial charge in [0, 0.05) is 6.07 Å². The number of hydrogen-bond acceptors (Lipinski definition) is 3. The van der Waals surface area contributed by atoms with Gasteiger partial charge in [-0.25, -0.2) is 0 Å². The SMILES string of the molecule is [CH2]Oc1ccc(Oc2ccccc2)cc1Oc1ccccc1. The zero-order valence-corrected chi connectivity index (χ0v) is 11.9. The summed E-state index contributed by atoms with van der Waals surface area (Å²) in [6, 6.07) is 24.4. The Bertz CT molecular complexity index is 724. The zero-order valence-electron chi connectivity index (χ0n) is 11.9. The van der Waals surface area contributed by atoms with E-state index in [-0.39, 0.29) is 0 Å². The van der Waals surface area contributed by atoms with Crippen molar-refractivity contribution < 1.29 is 14.2 Å². The summed E-state index contributed by atoms with van der Waals surface area (Å²) in [5.41, 5.74) is 0. The molecule has 0 saturated heterocycles. The normalized spacial score (nSPS) is 10.0. The lowest BCUT2D eigenvalue weighted by Gasteiger charge is -2.12. The molecule has 3 aromatic rings. The molecular weight excluding hydrogens is 276 g/mol. The van der Waals surface area contributed by atoms with Gasteiger partial charge in [-0.1, -0.05) is 36.4 Å². The summed E-state index contributed by atoms with van der Waals surface area (Å²) in [7, 11) is 3.45. The zero-order chi connectivity index (χ0) is 15.2. The van der Waals surface area contributed by atoms with E-state index in [0.29, 0.717) is 17.2 Å². The van der Waals surface area contributed by atoms with Gasteiger partial charge in [0.2, 0.25) is 0 Å². The van der Waals surface area contributed by atoms with Crippen molar-refractivity contribution in [2.75, 3.05) is 0 Å². The summed E-state index contributed by atoms with van der Waals surface area (Å²) in [5.74, 6) is 3.24. The van der Waals surface area contributed by atoms with E-state index in [1.54, 1.807) is 12.1 Å². The third-order valence-corrected chi connectivity index (χ3v) is 3.02. The van der Waals surface area contributed by atoms with Gasteiger partial charge in [0.1, 0.15) is 24.4 Å². The fourth-order valence-electron chi connectivity index (χ4n) is 1.99. The summed E-state index contributed by atoms with van der Waals surface area (Å²) in [6.07, 6.45) is 0. The van der Waals surface area contributed by atoms with Crippen LogP contribution in [0.4, 0.5) is 0 Å². The van der Waals surface area contributed by atoms with Crippen LogP contribution in [0.5, 0.6) is 28.7 Å². The van der Waals surface area contributed by atoms with Crippen LogP contribution in [0.2, 0.25) is 0 Å². The van der Waals surface area contributed by atoms with E-state index in [4.69, 9.17) is 14.2 Å². The van der Waals surface area contributed by atoms with Gasteiger partial charge in [0.05, 0.1) is 0 Å². The third-order valence-electron chi connectivity index (χ3n) is 3.02. The molecule has 0 aliphatic rings. The molecule has 3 rings (SSSR count). The van der Waals surface area contributed by atoms with E-state index >= 15 is 0 Å². The van der Waals surface area contributed by atoms with Crippen molar-refractivity contribution in [3.8, 4) is 28.7 Å². The number of benzene rings is 3. The quantitative estimate of drug-likeness (QED) is 0.626. The second-order valence-electron chi connectivity index (χ2n) is 4.58. The van der Waals surface area contributed by atoms with Crippen LogP contribution < -0.4 is 14.2 Å². The predicted molar refractivity (Wildman–Crippen MR) is 85.5 cm³/mol. The van der Waals surface area contributed by atoms with Crippen LogP contribution in [0.25, 0.3) is 0 Å². The van der Waals surface area contributed by atoms with Gasteiger partial charge in [0.15, 0.2) is 11.5 Å². The molecule has 0 N–H and O–H groups in total. The highest BCUT2D eigenvalue weighted by Gasteiger charge is 2.08. The lowest BCUT2D eigenvalue weighted by Crippen LogP contribution is -1.91. The van der Waals surface area contributed by atoms with Gasteiger partial charge in [-0.05, 0) is 36.4 Å². The van der Waals surface area contributed by atoms with Crippen molar-refractivity contribution in [3.05, 3.63) is 86.0 Å². The van der Waals surface area contributed by atoms with Gasteiger partial charge in [0.25, 0.3) is 0 Å². The first-order valence-corrected chi connectivity index (χ1v) is 6.87. The highest BCUT2D eigenvalue weighted by Crippen LogP contribution is 2.36. The fraction of sp³-hybridized carbons (Fsp3) is 0. The average Bonchev–Trinajstić information content (AvgIpc) is 2.57. The summed E-state index contributed by atoms with van der Waals surface area (Å²) in [5, 5.41) is 0. The molecule has 0 aliphatic heterocycles. The van der Waals surface area contributed by atoms with Gasteiger partial charge in [-0.3, -0.25) is 0 Å². The topological polar surface area (TPSA) is 27.7 Å². The molecule has 1 radical (unpaired) electrons. The second kappa shape index (κ2) is 6.68. The minimum Gasteiger partial charge on any atom is -0.486 e. The van der Waals surface area contributed by atoms with Crippen LogP contribution in [0, 0.1) is 7.11 Å². The molecule has 0 bridgehead atoms. The molecule has 22 heavy (non-hydrogen) atoms. The number of hydrogen-bond donors (Lipinski definition) is 0. The Labute approximate surface area is 129 Å². The maximum atomic E-state index is 5.83. The second-order valence-corrected chi connectivity index (χ2v) is 4.58. The van der Waals surface area contributed by atoms with Gasteiger partial charge in [-0.2, -0.15) is 0 Å². The predicted octanol–water partition coefficient (Wildman–Crippen LogP) is 5.44. The maximum Gasteiger partial charge on any atom is 0.172 e. The van der Waals surface area contributed by atoms with Crippen LogP contribution in [0.3, 0.4) is 0 Å². The number of ether oxygens (including phenoxy) is 3. The first-order chi connectivity index (χ1) is 10.8. The number of para-hydroxylation sites is 2. The van der Waals surface area contributed by atoms with Crippen molar-refractivity contribution >= 4 is 0 Å². The molecule has 0 spiro atoms. The molecule has 0 aromatic heterocycles. The molecule has 0 atom stereocenters. The molecule has 0 fully saturated rings. The summed E-state index contributed by atoms with van der Waals surface area (Å²) in [4.78, 5) is 0. The van der Waals surface area contributed by atoms with Crippen LogP contribution in [0.15, 0.2) is 78.9 Å². The molecule has 109 valence electrons. The minimum atomic E-state index is 0.546. The molecule has 0 saturated carbocycles. The van der Waals surface area contributed by atoms with E-state index < -0.39 is 0 Å². The van der Waals surface area contributed by atoms with Gasteiger partial charge < -0.3 is 14.2 Å². The lowest BCUT2D eigenvalue weighted by molar-refractivity contribution is 0.407. The first kappa shape index (κ1) is 14.0. The van der Waals surface area contributed by atoms with Crippen molar-refractivity contribution in [2.24, 2.45) is 0 Å². The Morgan fingerprint density at radius 1 is 0.545 bits per heavy atom. The monoisotopic (exact) mass is 291 g/mol. The molecule has 3 nitrogen and oxygen atoms in total. The van der Waals surface area contributed by atoms with E-state index in [1.165, 1.54) is 0 Å². The minimum absolute atomic E-state index is 0.546. The van der Waals surface area contributed by atoms with Crippen molar-refractivity contribution in [2.45, 2.75) is 0 Å². The highest BCUT2D eigenvalue weighted by molar-refractivity contribution is 5.48. The largest absolute Gasteiger partial charge is 0.486 e. The average molecular weight is 291 g/mol. The Kier molecular flexibility index (Phi) is 4.25. The third kappa shape index (κ3) is 3.38. The molecule has 0 amide bonds. The summed E-state index contributed by atoms with van der Waals surface area (Å²) in [6.45, 7) is 0. The van der Waals surface area contributed by atoms with E-state index in [2.05, 4.69) is 7.11 Å². The van der Waals surface area contributed by atoms with E-state index in [1.807, 2.05) is 66.7 Å². The Hall–Kier alpha value is -2.94. The first-order valence-electron chi connectivity index (χ1n) is 6.87. The fourth-order valence-corrected chi connectivity index (χ4v) is 1.99. The summed E-state index contributed by atoms with van der Waals surface area (Å²) >= 11 is 0. The van der Waals surface area contributed by atoms with E-state index in [0.717, 1.165) is 11.5 Å². The van der Waals surface area contributed by atoms with Crippen molar-refractivity contribution in [1.29, 1.82) is 0 Å². The standard InChI is InChI=1S/C19H15O3/c1-20-18-13-12-17(21-15-8-4-2-5-9-15)14-19(18)22-16-10-6-3-7-11-16/h2-14H,1H2. The highest BCUT2D eigenvalue weighted by atomic mass is 16.5. The van der Waals surface area contributed by atoms with Crippen LogP contribution in [-0.4, -0.2) is 0 Å². The van der Waals surface area contributed by atoms with Crippen molar-refractivity contribution in [1.82, 2.24) is 0 Å². The summed E-state index contributed by atoms with van der Waals surface area (Å²) < 4.78 is 16.7. The molecule has 3 heteroatoms. The Morgan fingerprint density at radius 2 is 1.14 bits per heavy atom. The molecule has 0 aliphatic carbocycles. The Morgan fingerprint density at radius 3 is 1.73 bits per heavy atom.